The summed E-state index contributed by atoms with van der Waals surface area (Å²) >= 11 is 13.7. The molecule has 0 fully saturated rings. The van der Waals surface area contributed by atoms with Crippen molar-refractivity contribution in [2.75, 3.05) is 5.32 Å². The lowest BCUT2D eigenvalue weighted by molar-refractivity contribution is 0.0991. The van der Waals surface area contributed by atoms with Crippen molar-refractivity contribution in [1.29, 1.82) is 0 Å². The van der Waals surface area contributed by atoms with Gasteiger partial charge in [-0.05, 0) is 64.6 Å². The molecule has 386 valence electrons. The van der Waals surface area contributed by atoms with Gasteiger partial charge in [-0.3, -0.25) is 24.5 Å². The van der Waals surface area contributed by atoms with Crippen LogP contribution in [0.2, 0.25) is 10.4 Å². The Hall–Kier alpha value is -7.98. The number of carbonyl (C=O) groups is 2. The van der Waals surface area contributed by atoms with Crippen LogP contribution in [0.15, 0.2) is 201 Å². The molecule has 20 heteroatoms. The highest BCUT2D eigenvalue weighted by atomic mass is 127. The summed E-state index contributed by atoms with van der Waals surface area (Å²) in [6.45, 7) is 5.42. The number of anilines is 1. The van der Waals surface area contributed by atoms with Gasteiger partial charge in [0.15, 0.2) is 11.5 Å². The van der Waals surface area contributed by atoms with Gasteiger partial charge in [-0.1, -0.05) is 181 Å². The number of imidazole rings is 1. The zero-order chi connectivity index (χ0) is 54.7. The molecule has 16 nitrogen and oxygen atoms in total. The fourth-order valence-electron chi connectivity index (χ4n) is 6.22. The maximum atomic E-state index is 10.8. The SMILES string of the molecule is CC(C)I.Clc1nc(NCc2ccc(-c3ccccc3)nc2)c2[nH]cnc2n1.NC(=O)c1ccc(-c2ccccc2)nc1.NC(=O)c1ccc(Cl)nc1.NCc1ccc(-c2ccccc2)nc1.OB(O)c1ccccc1. The standard InChI is InChI=1S/C17H13ClN6.C12H10N2O.C12H12N2.C6H7BO2.C6H5ClN2O.C3H7I/c18-17-23-15(14-16(24-17)22-10-21-14)20-9-11-6-7-13(19-8-11)12-4-2-1-3-5-12;13-12(15)10-6-7-11(14-8-10)9-4-2-1-3-5-9;13-8-10-6-7-12(14-9-10)11-4-2-1-3-5-11;8-7(9)6-4-2-1-3-5-6;7-5-2-1-4(3-9-5)6(8)10;1-3(2)4/h1-8,10H,9H2,(H2,20,21,22,23,24);1-8H,(H2,13,15);1-7,9H,8,13H2;1-5,8-9H;1-3H,(H2,8,10);3H,1-2H3. The topological polar surface area (TPSA) is 271 Å². The molecule has 0 aliphatic heterocycles. The molecule has 10 rings (SSSR count). The molecule has 4 aromatic carbocycles. The van der Waals surface area contributed by atoms with E-state index in [9.17, 15) is 9.59 Å². The van der Waals surface area contributed by atoms with Gasteiger partial charge in [0.2, 0.25) is 17.1 Å². The summed E-state index contributed by atoms with van der Waals surface area (Å²) in [5.74, 6) is -0.332. The van der Waals surface area contributed by atoms with Crippen LogP contribution in [0.3, 0.4) is 0 Å². The molecule has 6 heterocycles. The second-order valence-corrected chi connectivity index (χ2v) is 19.2. The molecule has 0 aliphatic carbocycles. The van der Waals surface area contributed by atoms with Gasteiger partial charge in [-0.2, -0.15) is 9.97 Å². The third kappa shape index (κ3) is 20.4. The molecule has 0 unspecified atom stereocenters. The largest absolute Gasteiger partial charge is 0.488 e. The number of rotatable bonds is 10. The van der Waals surface area contributed by atoms with Gasteiger partial charge >= 0.3 is 7.12 Å². The lowest BCUT2D eigenvalue weighted by Crippen LogP contribution is -2.29. The highest BCUT2D eigenvalue weighted by molar-refractivity contribution is 14.1. The van der Waals surface area contributed by atoms with E-state index >= 15 is 0 Å². The van der Waals surface area contributed by atoms with E-state index in [0.717, 1.165) is 54.3 Å². The molecule has 0 aliphatic rings. The molecular weight excluding hydrogens is 1110 g/mol. The van der Waals surface area contributed by atoms with Crippen LogP contribution in [0.1, 0.15) is 45.7 Å². The summed E-state index contributed by atoms with van der Waals surface area (Å²) in [7, 11) is -1.34. The summed E-state index contributed by atoms with van der Waals surface area (Å²) in [6.07, 6.45) is 8.07. The number of nitrogens with two attached hydrogens (primary N) is 3. The number of carbonyl (C=O) groups excluding carboxylic acids is 2. The number of pyridine rings is 4. The predicted molar refractivity (Wildman–Crippen MR) is 313 cm³/mol. The molecule has 0 atom stereocenters. The number of amides is 2. The van der Waals surface area contributed by atoms with E-state index in [1.165, 1.54) is 24.5 Å². The number of benzene rings is 4. The van der Waals surface area contributed by atoms with Crippen LogP contribution in [-0.4, -0.2) is 72.8 Å². The van der Waals surface area contributed by atoms with Gasteiger partial charge < -0.3 is 37.5 Å². The van der Waals surface area contributed by atoms with Crippen LogP contribution < -0.4 is 28.0 Å². The predicted octanol–water partition coefficient (Wildman–Crippen LogP) is 9.77. The van der Waals surface area contributed by atoms with Crippen molar-refractivity contribution in [3.8, 4) is 33.8 Å². The van der Waals surface area contributed by atoms with E-state index in [4.69, 9.17) is 50.5 Å². The summed E-state index contributed by atoms with van der Waals surface area (Å²) in [5, 5.41) is 20.9. The minimum Gasteiger partial charge on any atom is -0.423 e. The van der Waals surface area contributed by atoms with E-state index in [1.807, 2.05) is 134 Å². The van der Waals surface area contributed by atoms with Gasteiger partial charge in [0, 0.05) is 58.5 Å². The summed E-state index contributed by atoms with van der Waals surface area (Å²) in [6, 6.07) is 53.2. The first-order valence-corrected chi connectivity index (χ1v) is 25.3. The second kappa shape index (κ2) is 31.7. The van der Waals surface area contributed by atoms with Gasteiger partial charge in [0.25, 0.3) is 0 Å². The monoisotopic (exact) mass is 1170 g/mol. The Kier molecular flexibility index (Phi) is 24.6. The van der Waals surface area contributed by atoms with Gasteiger partial charge in [0.05, 0.1) is 34.5 Å². The number of fused-ring (bicyclic) bond motifs is 1. The molecule has 0 bridgehead atoms. The Bertz CT molecular complexity index is 3260. The van der Waals surface area contributed by atoms with Gasteiger partial charge in [-0.15, -0.1) is 0 Å². The molecule has 0 saturated heterocycles. The average molecular weight is 1170 g/mol. The number of aromatic amines is 1. The fourth-order valence-corrected chi connectivity index (χ4v) is 6.50. The Labute approximate surface area is 464 Å². The molecule has 10 N–H and O–H groups in total. The highest BCUT2D eigenvalue weighted by Gasteiger charge is 2.10. The Morgan fingerprint density at radius 2 is 1.03 bits per heavy atom. The fraction of sp³-hybridized carbons (Fsp3) is 0.0893. The van der Waals surface area contributed by atoms with Gasteiger partial charge in [-0.25, -0.2) is 9.97 Å². The van der Waals surface area contributed by atoms with Crippen molar-refractivity contribution >= 4 is 87.2 Å². The van der Waals surface area contributed by atoms with Crippen molar-refractivity contribution < 1.29 is 19.6 Å². The average Bonchev–Trinajstić information content (AvgIpc) is 3.93. The number of aromatic nitrogens is 8. The number of H-pyrrole nitrogens is 1. The summed E-state index contributed by atoms with van der Waals surface area (Å²) < 4.78 is 0.803. The number of nitrogens with zero attached hydrogens (tertiary/aromatic N) is 7. The lowest BCUT2D eigenvalue weighted by Gasteiger charge is -2.07. The quantitative estimate of drug-likeness (QED) is 0.0221. The zero-order valence-electron chi connectivity index (χ0n) is 41.3. The molecular formula is C56H54BCl2IN12O4. The summed E-state index contributed by atoms with van der Waals surface area (Å²) in [4.78, 5) is 53.3. The molecule has 0 radical (unpaired) electrons. The molecule has 76 heavy (non-hydrogen) atoms. The Morgan fingerprint density at radius 1 is 0.592 bits per heavy atom. The minimum atomic E-state index is -1.34. The van der Waals surface area contributed by atoms with Crippen molar-refractivity contribution in [3.63, 3.8) is 0 Å². The van der Waals surface area contributed by atoms with Crippen LogP contribution in [-0.2, 0) is 13.1 Å². The second-order valence-electron chi connectivity index (χ2n) is 16.0. The molecule has 0 saturated carbocycles. The third-order valence-electron chi connectivity index (χ3n) is 9.97. The number of hydrogen-bond donors (Lipinski definition) is 7. The van der Waals surface area contributed by atoms with E-state index in [-0.39, 0.29) is 5.28 Å². The number of nitrogens with one attached hydrogen (secondary N) is 2. The smallest absolute Gasteiger partial charge is 0.423 e. The van der Waals surface area contributed by atoms with Crippen LogP contribution in [0.5, 0.6) is 0 Å². The highest BCUT2D eigenvalue weighted by Crippen LogP contribution is 2.21. The van der Waals surface area contributed by atoms with Crippen LogP contribution >= 0.6 is 45.8 Å². The zero-order valence-corrected chi connectivity index (χ0v) is 45.0. The lowest BCUT2D eigenvalue weighted by atomic mass is 9.81. The van der Waals surface area contributed by atoms with E-state index in [1.54, 1.807) is 42.7 Å². The first kappa shape index (κ1) is 58.9. The van der Waals surface area contributed by atoms with E-state index < -0.39 is 18.9 Å². The summed E-state index contributed by atoms with van der Waals surface area (Å²) in [5.41, 5.74) is 26.3. The van der Waals surface area contributed by atoms with Crippen LogP contribution in [0, 0.1) is 0 Å². The van der Waals surface area contributed by atoms with Crippen molar-refractivity contribution in [3.05, 3.63) is 234 Å². The molecule has 6 aromatic heterocycles. The Balaban J connectivity index is 0.000000180. The number of hydrogen-bond acceptors (Lipinski definition) is 13. The Morgan fingerprint density at radius 3 is 1.41 bits per heavy atom. The van der Waals surface area contributed by atoms with Crippen molar-refractivity contribution in [2.45, 2.75) is 30.9 Å². The number of halogens is 3. The normalized spacial score (nSPS) is 10.0. The van der Waals surface area contributed by atoms with Crippen molar-refractivity contribution in [2.24, 2.45) is 17.2 Å². The van der Waals surface area contributed by atoms with Crippen LogP contribution in [0.25, 0.3) is 44.9 Å². The molecule has 2 amide bonds. The minimum absolute atomic E-state index is 0.162. The first-order chi connectivity index (χ1) is 36.7. The van der Waals surface area contributed by atoms with Crippen molar-refractivity contribution in [1.82, 2.24) is 39.9 Å². The van der Waals surface area contributed by atoms with E-state index in [0.29, 0.717) is 46.3 Å². The number of primary amides is 2. The molecule has 0 spiro atoms. The van der Waals surface area contributed by atoms with Gasteiger partial charge in [0.1, 0.15) is 10.7 Å². The maximum Gasteiger partial charge on any atom is 0.488 e. The maximum absolute atomic E-state index is 10.8. The van der Waals surface area contributed by atoms with Crippen LogP contribution in [0.4, 0.5) is 5.82 Å². The third-order valence-corrected chi connectivity index (χ3v) is 10.4. The van der Waals surface area contributed by atoms with E-state index in [2.05, 4.69) is 81.6 Å². The first-order valence-electron chi connectivity index (χ1n) is 23.3. The number of alkyl halides is 1. The molecule has 10 aromatic rings.